The minimum absolute atomic E-state index is 2.00. The minimum atomic E-state index is 2.00. The quantitative estimate of drug-likeness (QED) is 0.426. The van der Waals surface area contributed by atoms with E-state index in [0.29, 0.717) is 0 Å². The van der Waals surface area contributed by atoms with E-state index in [4.69, 9.17) is 0 Å². The van der Waals surface area contributed by atoms with Crippen molar-refractivity contribution in [2.24, 2.45) is 0 Å². The number of nitrogens with zero attached hydrogens (tertiary/aromatic N) is 1. The SMILES string of the molecule is CN(C)C.[Si+2]=S. The van der Waals surface area contributed by atoms with E-state index in [1.54, 1.807) is 0 Å². The molecule has 0 heterocycles. The van der Waals surface area contributed by atoms with E-state index in [-0.39, 0.29) is 0 Å². The van der Waals surface area contributed by atoms with Crippen molar-refractivity contribution >= 4 is 20.6 Å². The van der Waals surface area contributed by atoms with Gasteiger partial charge in [0.05, 0.1) is 0 Å². The summed E-state index contributed by atoms with van der Waals surface area (Å²) in [6.45, 7) is 0. The van der Waals surface area contributed by atoms with Crippen LogP contribution in [0.1, 0.15) is 0 Å². The van der Waals surface area contributed by atoms with E-state index in [9.17, 15) is 0 Å². The fraction of sp³-hybridized carbons (Fsp3) is 1.00. The first-order chi connectivity index (χ1) is 2.73. The molecule has 34 valence electrons. The fourth-order valence-corrected chi connectivity index (χ4v) is 0. The zero-order chi connectivity index (χ0) is 5.58. The predicted octanol–water partition coefficient (Wildman–Crippen LogP) is 0.445. The molecule has 0 saturated carbocycles. The van der Waals surface area contributed by atoms with Gasteiger partial charge >= 0.3 is 20.6 Å². The molecule has 0 fully saturated rings. The van der Waals surface area contributed by atoms with Gasteiger partial charge in [-0.2, -0.15) is 0 Å². The molecule has 0 bridgehead atoms. The van der Waals surface area contributed by atoms with Crippen molar-refractivity contribution in [3.05, 3.63) is 0 Å². The normalized spacial score (nSPS) is 7.00. The van der Waals surface area contributed by atoms with Crippen molar-refractivity contribution in [3.63, 3.8) is 0 Å². The Labute approximate surface area is 47.3 Å². The number of hydrogen-bond acceptors (Lipinski definition) is 2. The van der Waals surface area contributed by atoms with Crippen LogP contribution < -0.4 is 0 Å². The molecule has 3 heteroatoms. The molecule has 0 saturated heterocycles. The molecule has 0 N–H and O–H groups in total. The van der Waals surface area contributed by atoms with Gasteiger partial charge < -0.3 is 4.90 Å². The van der Waals surface area contributed by atoms with Crippen molar-refractivity contribution in [1.29, 1.82) is 0 Å². The maximum absolute atomic E-state index is 3.89. The Morgan fingerprint density at radius 3 is 1.17 bits per heavy atom. The van der Waals surface area contributed by atoms with Crippen LogP contribution in [0.3, 0.4) is 0 Å². The van der Waals surface area contributed by atoms with Gasteiger partial charge in [0.1, 0.15) is 0 Å². The molecule has 0 aliphatic rings. The number of rotatable bonds is 0. The van der Waals surface area contributed by atoms with Gasteiger partial charge in [0.25, 0.3) is 0 Å². The Morgan fingerprint density at radius 2 is 1.17 bits per heavy atom. The van der Waals surface area contributed by atoms with E-state index < -0.39 is 0 Å². The molecule has 0 spiro atoms. The van der Waals surface area contributed by atoms with Crippen LogP contribution in [0.15, 0.2) is 0 Å². The van der Waals surface area contributed by atoms with Crippen molar-refractivity contribution in [1.82, 2.24) is 4.90 Å². The van der Waals surface area contributed by atoms with Crippen molar-refractivity contribution in [2.45, 2.75) is 0 Å². The molecular formula is C3H9NSSi+2. The van der Waals surface area contributed by atoms with Gasteiger partial charge in [-0.3, -0.25) is 0 Å². The third-order valence-electron chi connectivity index (χ3n) is 0. The van der Waals surface area contributed by atoms with Crippen LogP contribution in [0, 0.1) is 0 Å². The third kappa shape index (κ3) is 322. The van der Waals surface area contributed by atoms with E-state index in [0.717, 1.165) is 0 Å². The molecular weight excluding hydrogens is 110 g/mol. The zero-order valence-electron chi connectivity index (χ0n) is 4.36. The second-order valence-electron chi connectivity index (χ2n) is 1.34. The molecule has 0 aromatic rings. The Kier molecular flexibility index (Phi) is 14.5. The molecule has 0 aromatic carbocycles. The molecule has 6 heavy (non-hydrogen) atoms. The molecule has 0 aromatic heterocycles. The van der Waals surface area contributed by atoms with Crippen molar-refractivity contribution in [2.75, 3.05) is 21.1 Å². The van der Waals surface area contributed by atoms with Crippen molar-refractivity contribution in [3.8, 4) is 0 Å². The second-order valence-corrected chi connectivity index (χ2v) is 1.34. The van der Waals surface area contributed by atoms with Crippen LogP contribution in [0.5, 0.6) is 0 Å². The van der Waals surface area contributed by atoms with Crippen LogP contribution in [0.4, 0.5) is 0 Å². The third-order valence-corrected chi connectivity index (χ3v) is 0. The Balaban J connectivity index is 0. The summed E-state index contributed by atoms with van der Waals surface area (Å²) < 4.78 is 0. The van der Waals surface area contributed by atoms with E-state index in [2.05, 4.69) is 20.6 Å². The molecule has 0 rings (SSSR count). The van der Waals surface area contributed by atoms with Gasteiger partial charge in [-0.1, -0.05) is 0 Å². The van der Waals surface area contributed by atoms with Gasteiger partial charge in [0, 0.05) is 0 Å². The molecule has 0 radical (unpaired) electrons. The molecule has 0 amide bonds. The summed E-state index contributed by atoms with van der Waals surface area (Å²) in [6.07, 6.45) is 0. The van der Waals surface area contributed by atoms with Crippen LogP contribution in [0.2, 0.25) is 0 Å². The van der Waals surface area contributed by atoms with E-state index >= 15 is 0 Å². The molecule has 1 nitrogen and oxygen atoms in total. The Morgan fingerprint density at radius 1 is 1.17 bits per heavy atom. The van der Waals surface area contributed by atoms with Gasteiger partial charge in [-0.05, 0) is 21.1 Å². The maximum atomic E-state index is 3.89. The second kappa shape index (κ2) is 9.04. The Hall–Kier alpha value is 0.397. The summed E-state index contributed by atoms with van der Waals surface area (Å²) in [7, 11) is 8.56. The summed E-state index contributed by atoms with van der Waals surface area (Å²) in [6, 6.07) is 0. The zero-order valence-corrected chi connectivity index (χ0v) is 6.17. The first-order valence-electron chi connectivity index (χ1n) is 1.55. The van der Waals surface area contributed by atoms with Crippen LogP contribution in [-0.4, -0.2) is 35.0 Å². The summed E-state index contributed by atoms with van der Waals surface area (Å²) in [5, 5.41) is 0. The molecule has 0 atom stereocenters. The van der Waals surface area contributed by atoms with Gasteiger partial charge in [0.15, 0.2) is 0 Å². The molecule has 0 unspecified atom stereocenters. The molecule has 0 aliphatic heterocycles. The molecule has 0 aliphatic carbocycles. The van der Waals surface area contributed by atoms with Crippen LogP contribution in [0.25, 0.3) is 0 Å². The first kappa shape index (κ1) is 9.64. The summed E-state index contributed by atoms with van der Waals surface area (Å²) in [4.78, 5) is 2.00. The van der Waals surface area contributed by atoms with Gasteiger partial charge in [0.2, 0.25) is 0 Å². The standard InChI is InChI=1S/C3H9N.SSi/c1-4(2)3;1-2/h1-3H3;/q;+2. The van der Waals surface area contributed by atoms with Gasteiger partial charge in [-0.15, -0.1) is 0 Å². The van der Waals surface area contributed by atoms with Gasteiger partial charge in [-0.25, -0.2) is 0 Å². The monoisotopic (exact) mass is 119 g/mol. The average molecular weight is 119 g/mol. The first-order valence-corrected chi connectivity index (χ1v) is 3.18. The van der Waals surface area contributed by atoms with E-state index in [1.165, 1.54) is 0 Å². The average Bonchev–Trinajstić information content (AvgIpc) is 1.41. The number of hydrogen-bond donors (Lipinski definition) is 0. The predicted molar refractivity (Wildman–Crippen MR) is 33.0 cm³/mol. The van der Waals surface area contributed by atoms with Crippen LogP contribution in [-0.2, 0) is 0 Å². The Bertz CT molecular complexity index is 22.0. The summed E-state index contributed by atoms with van der Waals surface area (Å²) in [5.41, 5.74) is 0. The topological polar surface area (TPSA) is 3.24 Å². The summed E-state index contributed by atoms with van der Waals surface area (Å²) in [5.74, 6) is 0. The van der Waals surface area contributed by atoms with Crippen LogP contribution >= 0.6 is 11.6 Å². The fourth-order valence-electron chi connectivity index (χ4n) is 0. The summed E-state index contributed by atoms with van der Waals surface area (Å²) >= 11 is 3.89. The van der Waals surface area contributed by atoms with Crippen molar-refractivity contribution < 1.29 is 0 Å². The van der Waals surface area contributed by atoms with E-state index in [1.807, 2.05) is 26.0 Å².